The topological polar surface area (TPSA) is 70.7 Å². The quantitative estimate of drug-likeness (QED) is 0.573. The maximum atomic E-state index is 13.1. The molecule has 1 aliphatic heterocycles. The number of hydrogen-bond donors (Lipinski definition) is 2. The first-order valence-electron chi connectivity index (χ1n) is 11.1. The predicted molar refractivity (Wildman–Crippen MR) is 129 cm³/mol. The molecule has 0 bridgehead atoms. The third-order valence-electron chi connectivity index (χ3n) is 5.90. The second-order valence-corrected chi connectivity index (χ2v) is 8.92. The van der Waals surface area contributed by atoms with Crippen molar-refractivity contribution in [2.75, 3.05) is 25.5 Å². The van der Waals surface area contributed by atoms with E-state index in [2.05, 4.69) is 22.8 Å². The van der Waals surface area contributed by atoms with Gasteiger partial charge in [-0.25, -0.2) is 4.79 Å². The van der Waals surface area contributed by atoms with Gasteiger partial charge in [0.15, 0.2) is 0 Å². The van der Waals surface area contributed by atoms with Crippen molar-refractivity contribution >= 4 is 29.3 Å². The summed E-state index contributed by atoms with van der Waals surface area (Å²) in [5.74, 6) is -0.0470. The van der Waals surface area contributed by atoms with Gasteiger partial charge in [0.1, 0.15) is 6.04 Å². The van der Waals surface area contributed by atoms with E-state index in [1.54, 1.807) is 0 Å². The summed E-state index contributed by atoms with van der Waals surface area (Å²) in [5.41, 5.74) is 3.28. The highest BCUT2D eigenvalue weighted by atomic mass is 35.5. The number of rotatable bonds is 8. The van der Waals surface area contributed by atoms with E-state index >= 15 is 0 Å². The Labute approximate surface area is 195 Å². The van der Waals surface area contributed by atoms with Gasteiger partial charge in [0.25, 0.3) is 0 Å². The van der Waals surface area contributed by atoms with Crippen molar-refractivity contribution in [2.45, 2.75) is 45.2 Å². The molecule has 32 heavy (non-hydrogen) atoms. The van der Waals surface area contributed by atoms with Gasteiger partial charge in [-0.1, -0.05) is 49.7 Å². The highest BCUT2D eigenvalue weighted by Crippen LogP contribution is 2.25. The number of nitrogens with one attached hydrogen (secondary N) is 2. The minimum Gasteiger partial charge on any atom is -0.453 e. The highest BCUT2D eigenvalue weighted by Gasteiger charge is 2.35. The number of carbonyl (C=O) groups is 2. The molecule has 0 aliphatic carbocycles. The minimum atomic E-state index is -0.577. The maximum Gasteiger partial charge on any atom is 0.407 e. The third-order valence-corrected chi connectivity index (χ3v) is 6.15. The van der Waals surface area contributed by atoms with Gasteiger partial charge in [-0.05, 0) is 60.6 Å². The molecular weight excluding hydrogens is 426 g/mol. The molecule has 2 N–H and O–H groups in total. The Balaban J connectivity index is 1.58. The summed E-state index contributed by atoms with van der Waals surface area (Å²) >= 11 is 6.00. The Morgan fingerprint density at radius 3 is 2.59 bits per heavy atom. The lowest BCUT2D eigenvalue weighted by Crippen LogP contribution is -2.52. The molecule has 1 fully saturated rings. The fourth-order valence-corrected chi connectivity index (χ4v) is 4.26. The van der Waals surface area contributed by atoms with Gasteiger partial charge in [0.2, 0.25) is 5.91 Å². The molecule has 2 atom stereocenters. The summed E-state index contributed by atoms with van der Waals surface area (Å²) in [4.78, 5) is 26.7. The van der Waals surface area contributed by atoms with Gasteiger partial charge in [-0.15, -0.1) is 0 Å². The van der Waals surface area contributed by atoms with Crippen LogP contribution in [0.5, 0.6) is 0 Å². The molecule has 2 unspecified atom stereocenters. The van der Waals surface area contributed by atoms with E-state index in [9.17, 15) is 9.59 Å². The minimum absolute atomic E-state index is 0.0171. The monoisotopic (exact) mass is 457 g/mol. The van der Waals surface area contributed by atoms with Crippen molar-refractivity contribution in [3.8, 4) is 11.1 Å². The Kier molecular flexibility index (Phi) is 8.39. The fraction of sp³-hybridized carbons (Fsp3) is 0.440. The molecule has 6 nitrogen and oxygen atoms in total. The molecule has 3 rings (SSSR count). The van der Waals surface area contributed by atoms with E-state index in [1.807, 2.05) is 55.1 Å². The Morgan fingerprint density at radius 1 is 1.16 bits per heavy atom. The van der Waals surface area contributed by atoms with Crippen LogP contribution in [-0.2, 0) is 9.53 Å². The van der Waals surface area contributed by atoms with E-state index in [-0.39, 0.29) is 17.9 Å². The molecular formula is C25H32ClN3O3. The second kappa shape index (κ2) is 11.2. The summed E-state index contributed by atoms with van der Waals surface area (Å²) in [6, 6.07) is 15.7. The molecule has 2 aromatic carbocycles. The molecule has 0 spiro atoms. The third kappa shape index (κ3) is 6.16. The first kappa shape index (κ1) is 23.9. The van der Waals surface area contributed by atoms with Crippen molar-refractivity contribution in [1.82, 2.24) is 10.2 Å². The first-order chi connectivity index (χ1) is 15.4. The maximum absolute atomic E-state index is 13.1. The van der Waals surface area contributed by atoms with Crippen molar-refractivity contribution in [3.05, 3.63) is 53.6 Å². The van der Waals surface area contributed by atoms with E-state index in [0.29, 0.717) is 0 Å². The van der Waals surface area contributed by atoms with Gasteiger partial charge in [-0.3, -0.25) is 4.79 Å². The molecule has 1 saturated heterocycles. The molecule has 1 heterocycles. The SMILES string of the molecule is COC(=O)NC(C(=O)N1CCCC1CCNc1cccc(-c2ccc(Cl)cc2)c1)C(C)C. The number of carbonyl (C=O) groups excluding carboxylic acids is 2. The Morgan fingerprint density at radius 2 is 1.91 bits per heavy atom. The Bertz CT molecular complexity index is 917. The van der Waals surface area contributed by atoms with Gasteiger partial charge in [0.05, 0.1) is 7.11 Å². The number of hydrogen-bond acceptors (Lipinski definition) is 4. The van der Waals surface area contributed by atoms with Crippen LogP contribution in [0.2, 0.25) is 5.02 Å². The van der Waals surface area contributed by atoms with Crippen LogP contribution >= 0.6 is 11.6 Å². The van der Waals surface area contributed by atoms with Gasteiger partial charge in [-0.2, -0.15) is 0 Å². The summed E-state index contributed by atoms with van der Waals surface area (Å²) in [5, 5.41) is 6.91. The van der Waals surface area contributed by atoms with Gasteiger partial charge < -0.3 is 20.3 Å². The number of benzene rings is 2. The van der Waals surface area contributed by atoms with Gasteiger partial charge >= 0.3 is 6.09 Å². The summed E-state index contributed by atoms with van der Waals surface area (Å²) < 4.78 is 4.69. The number of amides is 2. The van der Waals surface area contributed by atoms with Crippen LogP contribution in [0.3, 0.4) is 0 Å². The predicted octanol–water partition coefficient (Wildman–Crippen LogP) is 5.18. The number of anilines is 1. The number of likely N-dealkylation sites (tertiary alicyclic amines) is 1. The largest absolute Gasteiger partial charge is 0.453 e. The van der Waals surface area contributed by atoms with Crippen LogP contribution < -0.4 is 10.6 Å². The number of nitrogens with zero attached hydrogens (tertiary/aromatic N) is 1. The molecule has 2 aromatic rings. The van der Waals surface area contributed by atoms with Crippen molar-refractivity contribution in [3.63, 3.8) is 0 Å². The Hall–Kier alpha value is -2.73. The number of methoxy groups -OCH3 is 1. The smallest absolute Gasteiger partial charge is 0.407 e. The zero-order valence-corrected chi connectivity index (χ0v) is 19.7. The van der Waals surface area contributed by atoms with Crippen molar-refractivity contribution < 1.29 is 14.3 Å². The lowest BCUT2D eigenvalue weighted by atomic mass is 10.0. The molecule has 172 valence electrons. The molecule has 7 heteroatoms. The standard InChI is InChI=1S/C25H32ClN3O3/c1-17(2)23(28-25(31)32-3)24(30)29-15-5-8-22(29)13-14-27-21-7-4-6-19(16-21)18-9-11-20(26)12-10-18/h4,6-7,9-12,16-17,22-23,27H,5,8,13-15H2,1-3H3,(H,28,31). The van der Waals surface area contributed by atoms with E-state index in [1.165, 1.54) is 7.11 Å². The highest BCUT2D eigenvalue weighted by molar-refractivity contribution is 6.30. The van der Waals surface area contributed by atoms with Crippen molar-refractivity contribution in [1.29, 1.82) is 0 Å². The molecule has 0 radical (unpaired) electrons. The first-order valence-corrected chi connectivity index (χ1v) is 11.5. The number of alkyl carbamates (subject to hydrolysis) is 1. The molecule has 0 aromatic heterocycles. The average Bonchev–Trinajstić information content (AvgIpc) is 3.26. The fourth-order valence-electron chi connectivity index (χ4n) is 4.14. The van der Waals surface area contributed by atoms with Crippen LogP contribution in [0.15, 0.2) is 48.5 Å². The van der Waals surface area contributed by atoms with Crippen molar-refractivity contribution in [2.24, 2.45) is 5.92 Å². The van der Waals surface area contributed by atoms with Crippen LogP contribution in [0, 0.1) is 5.92 Å². The number of ether oxygens (including phenoxy) is 1. The van der Waals surface area contributed by atoms with E-state index < -0.39 is 12.1 Å². The van der Waals surface area contributed by atoms with Crippen LogP contribution in [-0.4, -0.2) is 49.2 Å². The van der Waals surface area contributed by atoms with Crippen LogP contribution in [0.4, 0.5) is 10.5 Å². The van der Waals surface area contributed by atoms with Gasteiger partial charge in [0, 0.05) is 29.8 Å². The summed E-state index contributed by atoms with van der Waals surface area (Å²) in [6.07, 6.45) is 2.22. The molecule has 2 amide bonds. The normalized spacial score (nSPS) is 16.7. The average molecular weight is 458 g/mol. The zero-order chi connectivity index (χ0) is 23.1. The van der Waals surface area contributed by atoms with Crippen LogP contribution in [0.25, 0.3) is 11.1 Å². The molecule has 1 aliphatic rings. The summed E-state index contributed by atoms with van der Waals surface area (Å²) in [6.45, 7) is 5.34. The number of halogens is 1. The van der Waals surface area contributed by atoms with Crippen LogP contribution in [0.1, 0.15) is 33.1 Å². The lowest BCUT2D eigenvalue weighted by molar-refractivity contribution is -0.135. The van der Waals surface area contributed by atoms with E-state index in [0.717, 1.165) is 54.2 Å². The zero-order valence-electron chi connectivity index (χ0n) is 18.9. The lowest BCUT2D eigenvalue weighted by Gasteiger charge is -2.31. The van der Waals surface area contributed by atoms with E-state index in [4.69, 9.17) is 16.3 Å². The summed E-state index contributed by atoms with van der Waals surface area (Å²) in [7, 11) is 1.31. The second-order valence-electron chi connectivity index (χ2n) is 8.49. The molecule has 0 saturated carbocycles.